The summed E-state index contributed by atoms with van der Waals surface area (Å²) in [7, 11) is 0. The molecule has 2 heteroatoms. The monoisotopic (exact) mass is 331 g/mol. The van der Waals surface area contributed by atoms with Crippen LogP contribution >= 0.6 is 22.6 Å². The molecule has 0 bridgehead atoms. The van der Waals surface area contributed by atoms with Crippen molar-refractivity contribution in [2.24, 2.45) is 5.41 Å². The zero-order valence-electron chi connectivity index (χ0n) is 10.5. The molecule has 0 saturated heterocycles. The summed E-state index contributed by atoms with van der Waals surface area (Å²) >= 11 is 2.35. The molecule has 0 heterocycles. The maximum absolute atomic E-state index is 3.40. The first-order valence-corrected chi connectivity index (χ1v) is 7.06. The Labute approximate surface area is 113 Å². The molecule has 0 spiro atoms. The Bertz CT molecular complexity index is 303. The largest absolute Gasteiger partial charge is 0.317 e. The Morgan fingerprint density at radius 1 is 1.19 bits per heavy atom. The van der Waals surface area contributed by atoms with E-state index in [4.69, 9.17) is 0 Å². The molecule has 0 aromatic heterocycles. The highest BCUT2D eigenvalue weighted by molar-refractivity contribution is 14.1. The molecule has 0 radical (unpaired) electrons. The highest BCUT2D eigenvalue weighted by Crippen LogP contribution is 2.25. The minimum absolute atomic E-state index is 0.384. The van der Waals surface area contributed by atoms with Crippen LogP contribution in [-0.4, -0.2) is 13.1 Å². The molecule has 1 aromatic rings. The second-order valence-electron chi connectivity index (χ2n) is 5.07. The predicted molar refractivity (Wildman–Crippen MR) is 79.8 cm³/mol. The standard InChI is InChI=1S/C14H22IN/c1-4-16-10-9-14(2,3)11-12-5-7-13(15)8-6-12/h5-8,16H,4,9-11H2,1-3H3. The maximum atomic E-state index is 3.40. The van der Waals surface area contributed by atoms with E-state index in [0.29, 0.717) is 5.41 Å². The average molecular weight is 331 g/mol. The number of hydrogen-bond donors (Lipinski definition) is 1. The lowest BCUT2D eigenvalue weighted by atomic mass is 9.83. The first kappa shape index (κ1) is 14.0. The summed E-state index contributed by atoms with van der Waals surface area (Å²) in [6.45, 7) is 9.05. The first-order chi connectivity index (χ1) is 7.53. The first-order valence-electron chi connectivity index (χ1n) is 5.99. The molecule has 0 aliphatic heterocycles. The molecule has 0 aliphatic carbocycles. The summed E-state index contributed by atoms with van der Waals surface area (Å²) in [6.07, 6.45) is 2.39. The van der Waals surface area contributed by atoms with Gasteiger partial charge in [0, 0.05) is 3.57 Å². The number of hydrogen-bond acceptors (Lipinski definition) is 1. The van der Waals surface area contributed by atoms with Crippen LogP contribution in [0, 0.1) is 8.99 Å². The van der Waals surface area contributed by atoms with E-state index in [1.165, 1.54) is 15.6 Å². The van der Waals surface area contributed by atoms with Gasteiger partial charge in [0.05, 0.1) is 0 Å². The summed E-state index contributed by atoms with van der Waals surface area (Å²) in [5.41, 5.74) is 1.83. The Morgan fingerprint density at radius 2 is 1.81 bits per heavy atom. The summed E-state index contributed by atoms with van der Waals surface area (Å²) in [5, 5.41) is 3.40. The van der Waals surface area contributed by atoms with Gasteiger partial charge in [0.15, 0.2) is 0 Å². The van der Waals surface area contributed by atoms with Crippen molar-refractivity contribution >= 4 is 22.6 Å². The third kappa shape index (κ3) is 5.30. The molecule has 1 nitrogen and oxygen atoms in total. The normalized spacial score (nSPS) is 11.8. The lowest BCUT2D eigenvalue weighted by Gasteiger charge is -2.24. The van der Waals surface area contributed by atoms with Crippen molar-refractivity contribution in [3.05, 3.63) is 33.4 Å². The summed E-state index contributed by atoms with van der Waals surface area (Å²) in [4.78, 5) is 0. The van der Waals surface area contributed by atoms with Gasteiger partial charge in [-0.1, -0.05) is 32.9 Å². The Balaban J connectivity index is 2.48. The molecule has 0 unspecified atom stereocenters. The molecule has 0 aliphatic rings. The van der Waals surface area contributed by atoms with Gasteiger partial charge in [-0.15, -0.1) is 0 Å². The fourth-order valence-corrected chi connectivity index (χ4v) is 2.21. The van der Waals surface area contributed by atoms with E-state index in [2.05, 4.69) is 72.9 Å². The van der Waals surface area contributed by atoms with Gasteiger partial charge in [-0.3, -0.25) is 0 Å². The zero-order valence-corrected chi connectivity index (χ0v) is 12.7. The van der Waals surface area contributed by atoms with E-state index in [1.807, 2.05) is 0 Å². The van der Waals surface area contributed by atoms with Gasteiger partial charge in [0.2, 0.25) is 0 Å². The van der Waals surface area contributed by atoms with Gasteiger partial charge in [-0.25, -0.2) is 0 Å². The van der Waals surface area contributed by atoms with E-state index >= 15 is 0 Å². The summed E-state index contributed by atoms with van der Waals surface area (Å²) < 4.78 is 1.31. The van der Waals surface area contributed by atoms with Crippen LogP contribution in [0.4, 0.5) is 0 Å². The number of rotatable bonds is 6. The van der Waals surface area contributed by atoms with E-state index in [-0.39, 0.29) is 0 Å². The van der Waals surface area contributed by atoms with Crippen molar-refractivity contribution in [2.45, 2.75) is 33.6 Å². The van der Waals surface area contributed by atoms with Crippen LogP contribution in [0.2, 0.25) is 0 Å². The van der Waals surface area contributed by atoms with Crippen LogP contribution in [0.1, 0.15) is 32.8 Å². The molecule has 16 heavy (non-hydrogen) atoms. The molecule has 0 saturated carbocycles. The van der Waals surface area contributed by atoms with E-state index in [9.17, 15) is 0 Å². The average Bonchev–Trinajstić information content (AvgIpc) is 2.21. The van der Waals surface area contributed by atoms with E-state index in [0.717, 1.165) is 19.5 Å². The van der Waals surface area contributed by atoms with Crippen molar-refractivity contribution < 1.29 is 0 Å². The topological polar surface area (TPSA) is 12.0 Å². The van der Waals surface area contributed by atoms with Crippen molar-refractivity contribution in [1.82, 2.24) is 5.32 Å². The number of benzene rings is 1. The zero-order chi connectivity index (χ0) is 12.0. The fourth-order valence-electron chi connectivity index (χ4n) is 1.85. The second-order valence-corrected chi connectivity index (χ2v) is 6.32. The van der Waals surface area contributed by atoms with Crippen LogP contribution in [-0.2, 0) is 6.42 Å². The Hall–Kier alpha value is -0.0900. The quantitative estimate of drug-likeness (QED) is 0.617. The number of halogens is 1. The van der Waals surface area contributed by atoms with Crippen LogP contribution in [0.15, 0.2) is 24.3 Å². The van der Waals surface area contributed by atoms with Crippen molar-refractivity contribution in [3.8, 4) is 0 Å². The Kier molecular flexibility index (Phi) is 5.76. The van der Waals surface area contributed by atoms with Crippen LogP contribution in [0.3, 0.4) is 0 Å². The van der Waals surface area contributed by atoms with E-state index < -0.39 is 0 Å². The van der Waals surface area contributed by atoms with Crippen LogP contribution in [0.25, 0.3) is 0 Å². The van der Waals surface area contributed by atoms with Gasteiger partial charge < -0.3 is 5.32 Å². The van der Waals surface area contributed by atoms with Crippen molar-refractivity contribution in [2.75, 3.05) is 13.1 Å². The van der Waals surface area contributed by atoms with Gasteiger partial charge >= 0.3 is 0 Å². The smallest absolute Gasteiger partial charge is 0.0130 e. The summed E-state index contributed by atoms with van der Waals surface area (Å²) in [6, 6.07) is 8.88. The van der Waals surface area contributed by atoms with Crippen LogP contribution < -0.4 is 5.32 Å². The maximum Gasteiger partial charge on any atom is 0.0130 e. The Morgan fingerprint density at radius 3 is 2.38 bits per heavy atom. The predicted octanol–water partition coefficient (Wildman–Crippen LogP) is 3.86. The second kappa shape index (κ2) is 6.60. The molecule has 0 atom stereocenters. The molecule has 0 fully saturated rings. The highest BCUT2D eigenvalue weighted by Gasteiger charge is 2.17. The SMILES string of the molecule is CCNCCC(C)(C)Cc1ccc(I)cc1. The van der Waals surface area contributed by atoms with Crippen molar-refractivity contribution in [1.29, 1.82) is 0 Å². The molecule has 0 amide bonds. The lowest BCUT2D eigenvalue weighted by molar-refractivity contribution is 0.327. The molecule has 1 N–H and O–H groups in total. The van der Waals surface area contributed by atoms with Gasteiger partial charge in [-0.2, -0.15) is 0 Å². The van der Waals surface area contributed by atoms with Crippen LogP contribution in [0.5, 0.6) is 0 Å². The molecular weight excluding hydrogens is 309 g/mol. The fraction of sp³-hybridized carbons (Fsp3) is 0.571. The summed E-state index contributed by atoms with van der Waals surface area (Å²) in [5.74, 6) is 0. The van der Waals surface area contributed by atoms with Gasteiger partial charge in [0.25, 0.3) is 0 Å². The third-order valence-electron chi connectivity index (χ3n) is 2.82. The van der Waals surface area contributed by atoms with Crippen molar-refractivity contribution in [3.63, 3.8) is 0 Å². The lowest BCUT2D eigenvalue weighted by Crippen LogP contribution is -2.23. The molecular formula is C14H22IN. The number of nitrogens with one attached hydrogen (secondary N) is 1. The van der Waals surface area contributed by atoms with E-state index in [1.54, 1.807) is 0 Å². The minimum Gasteiger partial charge on any atom is -0.317 e. The van der Waals surface area contributed by atoms with Gasteiger partial charge in [0.1, 0.15) is 0 Å². The molecule has 1 aromatic carbocycles. The minimum atomic E-state index is 0.384. The molecule has 1 rings (SSSR count). The highest BCUT2D eigenvalue weighted by atomic mass is 127. The molecule has 90 valence electrons. The van der Waals surface area contributed by atoms with Gasteiger partial charge in [-0.05, 0) is 71.6 Å². The third-order valence-corrected chi connectivity index (χ3v) is 3.54.